The first-order valence-electron chi connectivity index (χ1n) is 8.19. The van der Waals surface area contributed by atoms with Crippen LogP contribution in [-0.4, -0.2) is 47.1 Å². The molecule has 0 bridgehead atoms. The van der Waals surface area contributed by atoms with Crippen molar-refractivity contribution in [1.82, 2.24) is 20.2 Å². The van der Waals surface area contributed by atoms with Gasteiger partial charge in [0, 0.05) is 19.8 Å². The summed E-state index contributed by atoms with van der Waals surface area (Å²) in [6.45, 7) is 2.22. The molecule has 3 rings (SSSR count). The SMILES string of the molecule is O=S(=O)(Cc1nnnn1CC1CCOCC1)C1CCCCC1. The lowest BCUT2D eigenvalue weighted by Gasteiger charge is -2.23. The number of hydrogen-bond donors (Lipinski definition) is 0. The van der Waals surface area contributed by atoms with Gasteiger partial charge in [-0.25, -0.2) is 13.1 Å². The van der Waals surface area contributed by atoms with Crippen LogP contribution in [0.15, 0.2) is 0 Å². The first-order chi connectivity index (χ1) is 10.6. The molecule has 1 aliphatic heterocycles. The highest BCUT2D eigenvalue weighted by Crippen LogP contribution is 2.26. The van der Waals surface area contributed by atoms with Crippen molar-refractivity contribution in [1.29, 1.82) is 0 Å². The second kappa shape index (κ2) is 7.04. The zero-order valence-electron chi connectivity index (χ0n) is 12.9. The van der Waals surface area contributed by atoms with E-state index in [-0.39, 0.29) is 11.0 Å². The maximum atomic E-state index is 12.6. The quantitative estimate of drug-likeness (QED) is 0.811. The molecule has 1 aliphatic carbocycles. The molecular formula is C14H24N4O3S. The number of nitrogens with zero attached hydrogens (tertiary/aromatic N) is 4. The molecule has 1 saturated carbocycles. The third-order valence-electron chi connectivity index (χ3n) is 4.77. The summed E-state index contributed by atoms with van der Waals surface area (Å²) in [5, 5.41) is 11.4. The number of tetrazole rings is 1. The monoisotopic (exact) mass is 328 g/mol. The molecule has 0 amide bonds. The van der Waals surface area contributed by atoms with Crippen LogP contribution in [0.3, 0.4) is 0 Å². The molecule has 0 N–H and O–H groups in total. The molecule has 1 aromatic rings. The van der Waals surface area contributed by atoms with Crippen molar-refractivity contribution >= 4 is 9.84 Å². The Bertz CT molecular complexity index is 575. The molecular weight excluding hydrogens is 304 g/mol. The summed E-state index contributed by atoms with van der Waals surface area (Å²) < 4.78 is 32.2. The average molecular weight is 328 g/mol. The van der Waals surface area contributed by atoms with Crippen LogP contribution in [-0.2, 0) is 26.9 Å². The Labute approximate surface area is 131 Å². The van der Waals surface area contributed by atoms with Gasteiger partial charge in [-0.2, -0.15) is 0 Å². The molecule has 8 heteroatoms. The maximum Gasteiger partial charge on any atom is 0.166 e. The van der Waals surface area contributed by atoms with Crippen molar-refractivity contribution in [3.8, 4) is 0 Å². The smallest absolute Gasteiger partial charge is 0.166 e. The van der Waals surface area contributed by atoms with Crippen LogP contribution in [0.25, 0.3) is 0 Å². The highest BCUT2D eigenvalue weighted by atomic mass is 32.2. The summed E-state index contributed by atoms with van der Waals surface area (Å²) >= 11 is 0. The van der Waals surface area contributed by atoms with E-state index in [1.165, 1.54) is 0 Å². The molecule has 0 spiro atoms. The summed E-state index contributed by atoms with van der Waals surface area (Å²) in [7, 11) is -3.16. The van der Waals surface area contributed by atoms with Gasteiger partial charge in [0.05, 0.1) is 5.25 Å². The molecule has 1 aromatic heterocycles. The van der Waals surface area contributed by atoms with Crippen molar-refractivity contribution < 1.29 is 13.2 Å². The van der Waals surface area contributed by atoms with Crippen LogP contribution in [0, 0.1) is 5.92 Å². The van der Waals surface area contributed by atoms with Gasteiger partial charge in [-0.1, -0.05) is 19.3 Å². The van der Waals surface area contributed by atoms with E-state index in [0.29, 0.717) is 18.3 Å². The second-order valence-electron chi connectivity index (χ2n) is 6.40. The van der Waals surface area contributed by atoms with Crippen LogP contribution in [0.5, 0.6) is 0 Å². The minimum absolute atomic E-state index is 0.0338. The highest BCUT2D eigenvalue weighted by molar-refractivity contribution is 7.91. The second-order valence-corrected chi connectivity index (χ2v) is 8.68. The Balaban J connectivity index is 1.66. The molecule has 22 heavy (non-hydrogen) atoms. The van der Waals surface area contributed by atoms with E-state index < -0.39 is 9.84 Å². The van der Waals surface area contributed by atoms with Crippen molar-refractivity contribution in [2.45, 2.75) is 62.5 Å². The fraction of sp³-hybridized carbons (Fsp3) is 0.929. The molecule has 7 nitrogen and oxygen atoms in total. The van der Waals surface area contributed by atoms with Crippen molar-refractivity contribution in [2.24, 2.45) is 5.92 Å². The third-order valence-corrected chi connectivity index (χ3v) is 6.92. The lowest BCUT2D eigenvalue weighted by Crippen LogP contribution is -2.27. The first-order valence-corrected chi connectivity index (χ1v) is 9.91. The van der Waals surface area contributed by atoms with Gasteiger partial charge in [-0.15, -0.1) is 5.10 Å². The van der Waals surface area contributed by atoms with Crippen LogP contribution in [0.2, 0.25) is 0 Å². The fourth-order valence-electron chi connectivity index (χ4n) is 3.36. The van der Waals surface area contributed by atoms with E-state index in [0.717, 1.165) is 58.2 Å². The topological polar surface area (TPSA) is 87.0 Å². The lowest BCUT2D eigenvalue weighted by molar-refractivity contribution is 0.0597. The molecule has 124 valence electrons. The minimum atomic E-state index is -3.16. The van der Waals surface area contributed by atoms with Gasteiger partial charge < -0.3 is 4.74 Å². The van der Waals surface area contributed by atoms with E-state index in [1.807, 2.05) is 0 Å². The van der Waals surface area contributed by atoms with E-state index in [9.17, 15) is 8.42 Å². The van der Waals surface area contributed by atoms with Gasteiger partial charge in [-0.3, -0.25) is 0 Å². The number of ether oxygens (including phenoxy) is 1. The Morgan fingerprint density at radius 3 is 2.55 bits per heavy atom. The largest absolute Gasteiger partial charge is 0.381 e. The molecule has 2 aliphatic rings. The van der Waals surface area contributed by atoms with Gasteiger partial charge >= 0.3 is 0 Å². The Morgan fingerprint density at radius 1 is 1.09 bits per heavy atom. The van der Waals surface area contributed by atoms with Crippen LogP contribution < -0.4 is 0 Å². The summed E-state index contributed by atoms with van der Waals surface area (Å²) in [6, 6.07) is 0. The summed E-state index contributed by atoms with van der Waals surface area (Å²) in [6.07, 6.45) is 6.69. The van der Waals surface area contributed by atoms with Crippen molar-refractivity contribution in [3.05, 3.63) is 5.82 Å². The number of rotatable bonds is 5. The maximum absolute atomic E-state index is 12.6. The highest BCUT2D eigenvalue weighted by Gasteiger charge is 2.29. The Morgan fingerprint density at radius 2 is 1.82 bits per heavy atom. The minimum Gasteiger partial charge on any atom is -0.381 e. The van der Waals surface area contributed by atoms with Gasteiger partial charge in [-0.05, 0) is 42.0 Å². The van der Waals surface area contributed by atoms with Crippen LogP contribution in [0.4, 0.5) is 0 Å². The van der Waals surface area contributed by atoms with Gasteiger partial charge in [0.15, 0.2) is 15.7 Å². The van der Waals surface area contributed by atoms with Crippen LogP contribution in [0.1, 0.15) is 50.8 Å². The molecule has 1 saturated heterocycles. The van der Waals surface area contributed by atoms with E-state index in [4.69, 9.17) is 4.74 Å². The predicted octanol–water partition coefficient (Wildman–Crippen LogP) is 1.35. The fourth-order valence-corrected chi connectivity index (χ4v) is 5.22. The summed E-state index contributed by atoms with van der Waals surface area (Å²) in [5.41, 5.74) is 0. The first kappa shape index (κ1) is 15.9. The predicted molar refractivity (Wildman–Crippen MR) is 80.9 cm³/mol. The number of sulfone groups is 1. The van der Waals surface area contributed by atoms with E-state index in [1.54, 1.807) is 4.68 Å². The molecule has 0 unspecified atom stereocenters. The summed E-state index contributed by atoms with van der Waals surface area (Å²) in [5.74, 6) is 0.916. The van der Waals surface area contributed by atoms with Gasteiger partial charge in [0.2, 0.25) is 0 Å². The Kier molecular flexibility index (Phi) is 5.07. The molecule has 2 heterocycles. The van der Waals surface area contributed by atoms with E-state index in [2.05, 4.69) is 15.5 Å². The zero-order chi connectivity index (χ0) is 15.4. The van der Waals surface area contributed by atoms with Gasteiger partial charge in [0.25, 0.3) is 0 Å². The van der Waals surface area contributed by atoms with Gasteiger partial charge in [0.1, 0.15) is 5.75 Å². The zero-order valence-corrected chi connectivity index (χ0v) is 13.7. The lowest BCUT2D eigenvalue weighted by atomic mass is 10.0. The number of aromatic nitrogens is 4. The Hall–Kier alpha value is -1.02. The van der Waals surface area contributed by atoms with Crippen molar-refractivity contribution in [3.63, 3.8) is 0 Å². The molecule has 2 fully saturated rings. The molecule has 0 atom stereocenters. The standard InChI is InChI=1S/C14H24N4O3S/c19-22(20,13-4-2-1-3-5-13)11-14-15-16-17-18(14)10-12-6-8-21-9-7-12/h12-13H,1-11H2. The van der Waals surface area contributed by atoms with Crippen molar-refractivity contribution in [2.75, 3.05) is 13.2 Å². The molecule has 0 aromatic carbocycles. The van der Waals surface area contributed by atoms with Crippen LogP contribution >= 0.6 is 0 Å². The normalized spacial score (nSPS) is 22.0. The number of hydrogen-bond acceptors (Lipinski definition) is 6. The van der Waals surface area contributed by atoms with E-state index >= 15 is 0 Å². The average Bonchev–Trinajstić information content (AvgIpc) is 2.95. The molecule has 0 radical (unpaired) electrons. The summed E-state index contributed by atoms with van der Waals surface area (Å²) in [4.78, 5) is 0. The third kappa shape index (κ3) is 3.84.